The summed E-state index contributed by atoms with van der Waals surface area (Å²) in [5.41, 5.74) is 1.30. The Kier molecular flexibility index (Phi) is 7.04. The lowest BCUT2D eigenvalue weighted by Crippen LogP contribution is -2.15. The molecule has 2 aromatic heterocycles. The standard InChI is InChI=1S/C23H20F2N4O3S/c1-15-4-7-17(8-5-15)32-13-21-27-28-23(29(21)12-18-3-2-10-31-18)33-14-22(30)26-16-6-9-19(24)20(25)11-16/h2-11H,12-14H2,1H3,(H,26,30). The van der Waals surface area contributed by atoms with E-state index in [0.29, 0.717) is 29.0 Å². The van der Waals surface area contributed by atoms with Crippen LogP contribution < -0.4 is 10.1 Å². The summed E-state index contributed by atoms with van der Waals surface area (Å²) in [6.07, 6.45) is 1.57. The van der Waals surface area contributed by atoms with E-state index in [0.717, 1.165) is 29.5 Å². The first kappa shape index (κ1) is 22.5. The fourth-order valence-corrected chi connectivity index (χ4v) is 3.69. The summed E-state index contributed by atoms with van der Waals surface area (Å²) < 4.78 is 39.5. The number of aryl methyl sites for hydroxylation is 1. The summed E-state index contributed by atoms with van der Waals surface area (Å²) >= 11 is 1.16. The zero-order valence-corrected chi connectivity index (χ0v) is 18.4. The number of halogens is 2. The Labute approximate surface area is 192 Å². The third-order valence-corrected chi connectivity index (χ3v) is 5.58. The lowest BCUT2D eigenvalue weighted by Gasteiger charge is -2.10. The maximum atomic E-state index is 13.4. The van der Waals surface area contributed by atoms with Crippen LogP contribution in [0.1, 0.15) is 17.1 Å². The molecular formula is C23H20F2N4O3S. The highest BCUT2D eigenvalue weighted by molar-refractivity contribution is 7.99. The van der Waals surface area contributed by atoms with E-state index < -0.39 is 17.5 Å². The Bertz CT molecular complexity index is 1230. The van der Waals surface area contributed by atoms with E-state index in [-0.39, 0.29) is 18.0 Å². The Morgan fingerprint density at radius 3 is 2.67 bits per heavy atom. The first-order valence-corrected chi connectivity index (χ1v) is 11.0. The quantitative estimate of drug-likeness (QED) is 0.354. The Balaban J connectivity index is 1.44. The molecule has 1 amide bonds. The third kappa shape index (κ3) is 5.98. The van der Waals surface area contributed by atoms with Gasteiger partial charge >= 0.3 is 0 Å². The maximum Gasteiger partial charge on any atom is 0.234 e. The summed E-state index contributed by atoms with van der Waals surface area (Å²) in [5, 5.41) is 11.4. The van der Waals surface area contributed by atoms with Gasteiger partial charge in [-0.25, -0.2) is 8.78 Å². The highest BCUT2D eigenvalue weighted by Crippen LogP contribution is 2.21. The van der Waals surface area contributed by atoms with Gasteiger partial charge in [-0.3, -0.25) is 9.36 Å². The van der Waals surface area contributed by atoms with E-state index in [2.05, 4.69) is 15.5 Å². The lowest BCUT2D eigenvalue weighted by atomic mass is 10.2. The largest absolute Gasteiger partial charge is 0.486 e. The zero-order valence-electron chi connectivity index (χ0n) is 17.6. The number of hydrogen-bond acceptors (Lipinski definition) is 6. The number of ether oxygens (including phenoxy) is 1. The van der Waals surface area contributed by atoms with Crippen LogP contribution >= 0.6 is 11.8 Å². The van der Waals surface area contributed by atoms with E-state index in [1.165, 1.54) is 6.07 Å². The molecule has 4 rings (SSSR count). The Hall–Kier alpha value is -3.66. The number of rotatable bonds is 9. The number of anilines is 1. The number of nitrogens with zero attached hydrogens (tertiary/aromatic N) is 3. The molecule has 0 unspecified atom stereocenters. The molecular weight excluding hydrogens is 450 g/mol. The molecule has 10 heteroatoms. The second kappa shape index (κ2) is 10.3. The number of furan rings is 1. The van der Waals surface area contributed by atoms with Crippen molar-refractivity contribution in [3.8, 4) is 5.75 Å². The molecule has 0 radical (unpaired) electrons. The average Bonchev–Trinajstić information content (AvgIpc) is 3.45. The molecule has 0 aliphatic rings. The molecule has 7 nitrogen and oxygen atoms in total. The first-order chi connectivity index (χ1) is 16.0. The van der Waals surface area contributed by atoms with Crippen molar-refractivity contribution in [3.63, 3.8) is 0 Å². The third-order valence-electron chi connectivity index (χ3n) is 4.61. The minimum Gasteiger partial charge on any atom is -0.486 e. The molecule has 0 saturated carbocycles. The fraction of sp³-hybridized carbons (Fsp3) is 0.174. The van der Waals surface area contributed by atoms with E-state index in [4.69, 9.17) is 9.15 Å². The summed E-state index contributed by atoms with van der Waals surface area (Å²) in [5.74, 6) is -0.446. The molecule has 0 bridgehead atoms. The Morgan fingerprint density at radius 2 is 1.94 bits per heavy atom. The van der Waals surface area contributed by atoms with Crippen molar-refractivity contribution in [3.05, 3.63) is 89.6 Å². The highest BCUT2D eigenvalue weighted by atomic mass is 32.2. The fourth-order valence-electron chi connectivity index (χ4n) is 2.93. The van der Waals surface area contributed by atoms with Gasteiger partial charge in [0.15, 0.2) is 22.6 Å². The van der Waals surface area contributed by atoms with Gasteiger partial charge in [0.1, 0.15) is 18.1 Å². The number of hydrogen-bond donors (Lipinski definition) is 1. The highest BCUT2D eigenvalue weighted by Gasteiger charge is 2.17. The van der Waals surface area contributed by atoms with Crippen molar-refractivity contribution in [1.29, 1.82) is 0 Å². The average molecular weight is 471 g/mol. The minimum atomic E-state index is -1.03. The predicted octanol–water partition coefficient (Wildman–Crippen LogP) is 4.82. The van der Waals surface area contributed by atoms with Crippen LogP contribution in [0.15, 0.2) is 70.4 Å². The van der Waals surface area contributed by atoms with Gasteiger partial charge in [-0.05, 0) is 43.3 Å². The topological polar surface area (TPSA) is 82.2 Å². The zero-order chi connectivity index (χ0) is 23.2. The molecule has 0 fully saturated rings. The van der Waals surface area contributed by atoms with Gasteiger partial charge in [-0.1, -0.05) is 29.5 Å². The van der Waals surface area contributed by atoms with Crippen molar-refractivity contribution in [2.24, 2.45) is 0 Å². The normalized spacial score (nSPS) is 10.9. The van der Waals surface area contributed by atoms with Crippen molar-refractivity contribution in [2.75, 3.05) is 11.1 Å². The molecule has 0 saturated heterocycles. The molecule has 0 aliphatic carbocycles. The molecule has 1 N–H and O–H groups in total. The summed E-state index contributed by atoms with van der Waals surface area (Å²) in [6.45, 7) is 2.54. The first-order valence-electron chi connectivity index (χ1n) is 9.99. The van der Waals surface area contributed by atoms with Crippen LogP contribution in [0.5, 0.6) is 5.75 Å². The molecule has 2 aromatic carbocycles. The van der Waals surface area contributed by atoms with Crippen LogP contribution in [-0.2, 0) is 17.9 Å². The van der Waals surface area contributed by atoms with E-state index in [1.54, 1.807) is 12.3 Å². The number of carbonyl (C=O) groups excluding carboxylic acids is 1. The molecule has 0 aliphatic heterocycles. The number of benzene rings is 2. The molecule has 0 spiro atoms. The van der Waals surface area contributed by atoms with Crippen molar-refractivity contribution >= 4 is 23.4 Å². The van der Waals surface area contributed by atoms with Gasteiger partial charge in [0.25, 0.3) is 0 Å². The van der Waals surface area contributed by atoms with Gasteiger partial charge in [0.05, 0.1) is 18.6 Å². The van der Waals surface area contributed by atoms with Gasteiger partial charge in [-0.2, -0.15) is 0 Å². The van der Waals surface area contributed by atoms with Crippen LogP contribution in [0, 0.1) is 18.6 Å². The smallest absolute Gasteiger partial charge is 0.234 e. The van der Waals surface area contributed by atoms with E-state index >= 15 is 0 Å². The van der Waals surface area contributed by atoms with Crippen LogP contribution in [0.3, 0.4) is 0 Å². The Morgan fingerprint density at radius 1 is 1.12 bits per heavy atom. The minimum absolute atomic E-state index is 0.00585. The van der Waals surface area contributed by atoms with Crippen LogP contribution in [-0.4, -0.2) is 26.4 Å². The monoisotopic (exact) mass is 470 g/mol. The second-order valence-corrected chi connectivity index (χ2v) is 8.07. The molecule has 4 aromatic rings. The summed E-state index contributed by atoms with van der Waals surface area (Å²) in [4.78, 5) is 12.3. The number of thioether (sulfide) groups is 1. The lowest BCUT2D eigenvalue weighted by molar-refractivity contribution is -0.113. The SMILES string of the molecule is Cc1ccc(OCc2nnc(SCC(=O)Nc3ccc(F)c(F)c3)n2Cc2ccco2)cc1. The van der Waals surface area contributed by atoms with E-state index in [9.17, 15) is 13.6 Å². The number of aromatic nitrogens is 3. The molecule has 2 heterocycles. The van der Waals surface area contributed by atoms with Crippen LogP contribution in [0.4, 0.5) is 14.5 Å². The predicted molar refractivity (Wildman–Crippen MR) is 119 cm³/mol. The van der Waals surface area contributed by atoms with Gasteiger partial charge in [0.2, 0.25) is 5.91 Å². The van der Waals surface area contributed by atoms with Gasteiger partial charge in [0, 0.05) is 11.8 Å². The van der Waals surface area contributed by atoms with Crippen LogP contribution in [0.2, 0.25) is 0 Å². The number of amides is 1. The number of nitrogens with one attached hydrogen (secondary N) is 1. The van der Waals surface area contributed by atoms with Crippen molar-refractivity contribution < 1.29 is 22.7 Å². The van der Waals surface area contributed by atoms with Crippen molar-refractivity contribution in [2.45, 2.75) is 25.2 Å². The summed E-state index contributed by atoms with van der Waals surface area (Å²) in [7, 11) is 0. The van der Waals surface area contributed by atoms with Crippen molar-refractivity contribution in [1.82, 2.24) is 14.8 Å². The number of carbonyl (C=O) groups is 1. The van der Waals surface area contributed by atoms with Gasteiger partial charge < -0.3 is 14.5 Å². The molecule has 0 atom stereocenters. The molecule has 33 heavy (non-hydrogen) atoms. The van der Waals surface area contributed by atoms with Gasteiger partial charge in [-0.15, -0.1) is 10.2 Å². The maximum absolute atomic E-state index is 13.4. The van der Waals surface area contributed by atoms with Crippen LogP contribution in [0.25, 0.3) is 0 Å². The molecule has 170 valence electrons. The summed E-state index contributed by atoms with van der Waals surface area (Å²) in [6, 6.07) is 14.4. The second-order valence-electron chi connectivity index (χ2n) is 7.13. The van der Waals surface area contributed by atoms with E-state index in [1.807, 2.05) is 41.8 Å².